The second-order valence-electron chi connectivity index (χ2n) is 5.10. The van der Waals surface area contributed by atoms with Gasteiger partial charge in [-0.1, -0.05) is 37.0 Å². The first kappa shape index (κ1) is 17.7. The zero-order valence-corrected chi connectivity index (χ0v) is 14.1. The Morgan fingerprint density at radius 2 is 1.90 bits per heavy atom. The van der Waals surface area contributed by atoms with E-state index in [4.69, 9.17) is 28.9 Å². The molecule has 0 aliphatic carbocycles. The minimum atomic E-state index is -3.62. The molecular formula is C13H20Cl2N2O2S. The lowest BCUT2D eigenvalue weighted by atomic mass is 10.0. The normalized spacial score (nSPS) is 14.0. The lowest BCUT2D eigenvalue weighted by Gasteiger charge is -2.21. The molecule has 0 radical (unpaired) electrons. The van der Waals surface area contributed by atoms with Gasteiger partial charge in [-0.2, -0.15) is 0 Å². The van der Waals surface area contributed by atoms with Crippen molar-refractivity contribution >= 4 is 33.2 Å². The van der Waals surface area contributed by atoms with Gasteiger partial charge < -0.3 is 5.73 Å². The van der Waals surface area contributed by atoms with Crippen molar-refractivity contribution in [2.75, 3.05) is 13.6 Å². The molecule has 7 heteroatoms. The molecule has 0 heterocycles. The van der Waals surface area contributed by atoms with E-state index < -0.39 is 10.0 Å². The second-order valence-corrected chi connectivity index (χ2v) is 7.95. The molecule has 0 saturated heterocycles. The van der Waals surface area contributed by atoms with Crippen LogP contribution in [0.5, 0.6) is 0 Å². The van der Waals surface area contributed by atoms with Crippen molar-refractivity contribution < 1.29 is 8.42 Å². The predicted octanol–water partition coefficient (Wildman–Crippen LogP) is 2.99. The molecule has 4 nitrogen and oxygen atoms in total. The lowest BCUT2D eigenvalue weighted by Crippen LogP contribution is -2.34. The van der Waals surface area contributed by atoms with E-state index in [9.17, 15) is 8.42 Å². The van der Waals surface area contributed by atoms with Crippen molar-refractivity contribution in [3.8, 4) is 0 Å². The van der Waals surface area contributed by atoms with Gasteiger partial charge in [-0.25, -0.2) is 12.7 Å². The molecule has 0 bridgehead atoms. The summed E-state index contributed by atoms with van der Waals surface area (Å²) in [6.45, 7) is 4.37. The maximum absolute atomic E-state index is 12.4. The van der Waals surface area contributed by atoms with E-state index in [-0.39, 0.29) is 16.0 Å². The second kappa shape index (κ2) is 7.09. The average Bonchev–Trinajstić information content (AvgIpc) is 2.34. The van der Waals surface area contributed by atoms with Crippen LogP contribution in [0.4, 0.5) is 0 Å². The molecule has 114 valence electrons. The van der Waals surface area contributed by atoms with Gasteiger partial charge in [0, 0.05) is 24.7 Å². The molecule has 0 fully saturated rings. The Kier molecular flexibility index (Phi) is 6.28. The molecule has 1 atom stereocenters. The third-order valence-corrected chi connectivity index (χ3v) is 5.79. The molecule has 0 saturated carbocycles. The fraction of sp³-hybridized carbons (Fsp3) is 0.538. The summed E-state index contributed by atoms with van der Waals surface area (Å²) in [6.07, 6.45) is 0.596. The molecule has 1 unspecified atom stereocenters. The molecule has 0 amide bonds. The molecule has 0 aliphatic heterocycles. The zero-order valence-electron chi connectivity index (χ0n) is 11.8. The van der Waals surface area contributed by atoms with E-state index in [1.807, 2.05) is 13.8 Å². The van der Waals surface area contributed by atoms with E-state index >= 15 is 0 Å². The number of rotatable bonds is 6. The molecule has 1 rings (SSSR count). The summed E-state index contributed by atoms with van der Waals surface area (Å²) in [5.41, 5.74) is 5.93. The summed E-state index contributed by atoms with van der Waals surface area (Å²) in [5.74, 6) is 0.310. The maximum atomic E-state index is 12.4. The minimum absolute atomic E-state index is 0.0339. The van der Waals surface area contributed by atoms with Crippen LogP contribution >= 0.6 is 23.2 Å². The van der Waals surface area contributed by atoms with Crippen LogP contribution in [0.3, 0.4) is 0 Å². The minimum Gasteiger partial charge on any atom is -0.327 e. The fourth-order valence-electron chi connectivity index (χ4n) is 1.64. The molecule has 20 heavy (non-hydrogen) atoms. The highest BCUT2D eigenvalue weighted by Gasteiger charge is 2.24. The fourth-order valence-corrected chi connectivity index (χ4v) is 3.56. The Hall–Kier alpha value is -0.330. The number of hydrogen-bond acceptors (Lipinski definition) is 3. The first-order valence-corrected chi connectivity index (χ1v) is 8.53. The van der Waals surface area contributed by atoms with Gasteiger partial charge in [0.05, 0.1) is 5.02 Å². The summed E-state index contributed by atoms with van der Waals surface area (Å²) in [5, 5.41) is 0.524. The Bertz CT molecular complexity index is 561. The summed E-state index contributed by atoms with van der Waals surface area (Å²) >= 11 is 11.7. The van der Waals surface area contributed by atoms with Crippen molar-refractivity contribution in [3.63, 3.8) is 0 Å². The van der Waals surface area contributed by atoms with Gasteiger partial charge in [-0.3, -0.25) is 0 Å². The average molecular weight is 339 g/mol. The zero-order chi connectivity index (χ0) is 15.5. The summed E-state index contributed by atoms with van der Waals surface area (Å²) in [7, 11) is -2.10. The number of sulfonamides is 1. The Morgan fingerprint density at radius 3 is 2.40 bits per heavy atom. The Balaban J connectivity index is 2.87. The first-order chi connectivity index (χ1) is 9.16. The molecule has 0 aromatic heterocycles. The number of nitrogens with zero attached hydrogens (tertiary/aromatic N) is 1. The van der Waals surface area contributed by atoms with Crippen LogP contribution < -0.4 is 5.73 Å². The van der Waals surface area contributed by atoms with E-state index in [0.29, 0.717) is 23.9 Å². The van der Waals surface area contributed by atoms with Gasteiger partial charge in [-0.05, 0) is 30.5 Å². The van der Waals surface area contributed by atoms with Crippen LogP contribution in [0.15, 0.2) is 23.1 Å². The monoisotopic (exact) mass is 338 g/mol. The van der Waals surface area contributed by atoms with E-state index in [0.717, 1.165) is 0 Å². The highest BCUT2D eigenvalue weighted by Crippen LogP contribution is 2.27. The van der Waals surface area contributed by atoms with Gasteiger partial charge in [-0.15, -0.1) is 0 Å². The quantitative estimate of drug-likeness (QED) is 0.867. The van der Waals surface area contributed by atoms with Gasteiger partial charge in [0.25, 0.3) is 0 Å². The van der Waals surface area contributed by atoms with Gasteiger partial charge in [0.15, 0.2) is 0 Å². The Morgan fingerprint density at radius 1 is 1.30 bits per heavy atom. The lowest BCUT2D eigenvalue weighted by molar-refractivity contribution is 0.397. The standard InChI is InChI=1S/C13H20Cl2N2O2S/c1-9(2)12(16)6-7-17(3)20(18,19)13-5-4-10(14)8-11(13)15/h4-5,8-9,12H,6-7,16H2,1-3H3. The molecule has 0 aliphatic rings. The summed E-state index contributed by atoms with van der Waals surface area (Å²) in [4.78, 5) is 0.0594. The SMILES string of the molecule is CC(C)C(N)CCN(C)S(=O)(=O)c1ccc(Cl)cc1Cl. The Labute approximate surface area is 130 Å². The highest BCUT2D eigenvalue weighted by molar-refractivity contribution is 7.89. The van der Waals surface area contributed by atoms with E-state index in [1.54, 1.807) is 0 Å². The number of hydrogen-bond donors (Lipinski definition) is 1. The molecule has 1 aromatic carbocycles. The topological polar surface area (TPSA) is 63.4 Å². The molecule has 0 spiro atoms. The van der Waals surface area contributed by atoms with Gasteiger partial charge in [0.2, 0.25) is 10.0 Å². The highest BCUT2D eigenvalue weighted by atomic mass is 35.5. The van der Waals surface area contributed by atoms with Crippen molar-refractivity contribution in [3.05, 3.63) is 28.2 Å². The molecule has 1 aromatic rings. The van der Waals surface area contributed by atoms with E-state index in [2.05, 4.69) is 0 Å². The van der Waals surface area contributed by atoms with Crippen LogP contribution in [0.25, 0.3) is 0 Å². The van der Waals surface area contributed by atoms with Crippen molar-refractivity contribution in [2.24, 2.45) is 11.7 Å². The number of nitrogens with two attached hydrogens (primary N) is 1. The third kappa shape index (κ3) is 4.33. The predicted molar refractivity (Wildman–Crippen MR) is 83.7 cm³/mol. The smallest absolute Gasteiger partial charge is 0.244 e. The molecule has 2 N–H and O–H groups in total. The number of halogens is 2. The third-order valence-electron chi connectivity index (χ3n) is 3.22. The van der Waals surface area contributed by atoms with Crippen LogP contribution in [-0.2, 0) is 10.0 Å². The van der Waals surface area contributed by atoms with Crippen molar-refractivity contribution in [1.82, 2.24) is 4.31 Å². The van der Waals surface area contributed by atoms with Gasteiger partial charge >= 0.3 is 0 Å². The summed E-state index contributed by atoms with van der Waals surface area (Å²) < 4.78 is 26.1. The van der Waals surface area contributed by atoms with Crippen molar-refractivity contribution in [1.29, 1.82) is 0 Å². The van der Waals surface area contributed by atoms with Crippen LogP contribution in [-0.4, -0.2) is 32.4 Å². The van der Waals surface area contributed by atoms with E-state index in [1.165, 1.54) is 29.6 Å². The molecular weight excluding hydrogens is 319 g/mol. The van der Waals surface area contributed by atoms with Gasteiger partial charge in [0.1, 0.15) is 4.90 Å². The van der Waals surface area contributed by atoms with Crippen LogP contribution in [0, 0.1) is 5.92 Å². The van der Waals surface area contributed by atoms with Crippen molar-refractivity contribution in [2.45, 2.75) is 31.2 Å². The largest absolute Gasteiger partial charge is 0.327 e. The van der Waals surface area contributed by atoms with Crippen LogP contribution in [0.1, 0.15) is 20.3 Å². The maximum Gasteiger partial charge on any atom is 0.244 e. The number of benzene rings is 1. The van der Waals surface area contributed by atoms with Crippen LogP contribution in [0.2, 0.25) is 10.0 Å². The first-order valence-electron chi connectivity index (χ1n) is 6.33. The summed E-state index contributed by atoms with van der Waals surface area (Å²) in [6, 6.07) is 4.31.